The highest BCUT2D eigenvalue weighted by Crippen LogP contribution is 2.21. The number of hydrogen-bond donors (Lipinski definition) is 2. The fraction of sp³-hybridized carbons (Fsp3) is 0.308. The second-order valence-electron chi connectivity index (χ2n) is 4.63. The zero-order valence-electron chi connectivity index (χ0n) is 12.0. The molecule has 0 aliphatic heterocycles. The third kappa shape index (κ3) is 3.58. The summed E-state index contributed by atoms with van der Waals surface area (Å²) in [6.07, 6.45) is 0.342. The molecule has 0 amide bonds. The van der Waals surface area contributed by atoms with Crippen LogP contribution in [0.1, 0.15) is 11.7 Å². The minimum Gasteiger partial charge on any atom is -0.386 e. The lowest BCUT2D eigenvalue weighted by Gasteiger charge is -2.13. The second-order valence-corrected chi connectivity index (χ2v) is 6.59. The summed E-state index contributed by atoms with van der Waals surface area (Å²) in [5.41, 5.74) is 0.870. The number of aliphatic hydroxyl groups is 1. The number of aliphatic hydroxyl groups excluding tert-OH is 1. The van der Waals surface area contributed by atoms with Crippen LogP contribution < -0.4 is 4.72 Å². The van der Waals surface area contributed by atoms with Gasteiger partial charge in [0, 0.05) is 19.8 Å². The Labute approximate surface area is 133 Å². The van der Waals surface area contributed by atoms with Crippen LogP contribution in [0.5, 0.6) is 0 Å². The summed E-state index contributed by atoms with van der Waals surface area (Å²) in [6.45, 7) is 0.119. The Balaban J connectivity index is 2.27. The van der Waals surface area contributed by atoms with Crippen LogP contribution in [0.4, 0.5) is 5.69 Å². The van der Waals surface area contributed by atoms with Crippen molar-refractivity contribution >= 4 is 27.3 Å². The first-order valence-corrected chi connectivity index (χ1v) is 8.18. The summed E-state index contributed by atoms with van der Waals surface area (Å²) in [5, 5.41) is 9.89. The number of imidazole rings is 1. The molecule has 120 valence electrons. The third-order valence-corrected chi connectivity index (χ3v) is 4.80. The number of nitrogens with zero attached hydrogens (tertiary/aromatic N) is 2. The number of benzene rings is 1. The predicted octanol–water partition coefficient (Wildman–Crippen LogP) is 1.55. The molecule has 0 radical (unpaired) electrons. The van der Waals surface area contributed by atoms with Gasteiger partial charge in [0.15, 0.2) is 5.03 Å². The maximum Gasteiger partial charge on any atom is 0.279 e. The van der Waals surface area contributed by atoms with Crippen molar-refractivity contribution < 1.29 is 18.3 Å². The van der Waals surface area contributed by atoms with Crippen molar-refractivity contribution in [2.45, 2.75) is 11.1 Å². The first-order valence-electron chi connectivity index (χ1n) is 6.32. The average molecular weight is 346 g/mol. The largest absolute Gasteiger partial charge is 0.386 e. The standard InChI is InChI=1S/C13H16ClN3O4S/c1-17-12(7-15-13(17)14)22(19,20)16-10-5-3-4-9(6-10)11(18)8-21-2/h3-7,11,16,18H,8H2,1-2H3. The molecule has 9 heteroatoms. The van der Waals surface area contributed by atoms with E-state index in [1.54, 1.807) is 24.3 Å². The van der Waals surface area contributed by atoms with Gasteiger partial charge in [-0.1, -0.05) is 12.1 Å². The van der Waals surface area contributed by atoms with Crippen LogP contribution in [-0.2, 0) is 21.8 Å². The number of hydrogen-bond acceptors (Lipinski definition) is 5. The maximum absolute atomic E-state index is 12.3. The van der Waals surface area contributed by atoms with Crippen LogP contribution in [0.3, 0.4) is 0 Å². The molecule has 1 atom stereocenters. The van der Waals surface area contributed by atoms with Crippen LogP contribution in [0, 0.1) is 0 Å². The quantitative estimate of drug-likeness (QED) is 0.828. The molecule has 1 unspecified atom stereocenters. The SMILES string of the molecule is COCC(O)c1cccc(NS(=O)(=O)c2cnc(Cl)n2C)c1. The molecule has 0 aliphatic carbocycles. The highest BCUT2D eigenvalue weighted by molar-refractivity contribution is 7.92. The van der Waals surface area contributed by atoms with Crippen molar-refractivity contribution in [3.05, 3.63) is 41.3 Å². The Morgan fingerprint density at radius 1 is 1.50 bits per heavy atom. The molecule has 2 rings (SSSR count). The number of rotatable bonds is 6. The zero-order chi connectivity index (χ0) is 16.3. The molecule has 0 saturated carbocycles. The normalized spacial score (nSPS) is 13.1. The van der Waals surface area contributed by atoms with Crippen molar-refractivity contribution in [2.24, 2.45) is 7.05 Å². The monoisotopic (exact) mass is 345 g/mol. The van der Waals surface area contributed by atoms with E-state index in [2.05, 4.69) is 9.71 Å². The summed E-state index contributed by atoms with van der Waals surface area (Å²) in [4.78, 5) is 3.75. The molecule has 2 aromatic rings. The smallest absolute Gasteiger partial charge is 0.279 e. The van der Waals surface area contributed by atoms with Gasteiger partial charge in [0.2, 0.25) is 5.28 Å². The lowest BCUT2D eigenvalue weighted by molar-refractivity contribution is 0.0644. The Morgan fingerprint density at radius 3 is 2.82 bits per heavy atom. The molecular formula is C13H16ClN3O4S. The van der Waals surface area contributed by atoms with E-state index in [0.717, 1.165) is 0 Å². The minimum absolute atomic E-state index is 0.0552. The van der Waals surface area contributed by atoms with E-state index in [1.165, 1.54) is 24.9 Å². The second kappa shape index (κ2) is 6.66. The minimum atomic E-state index is -3.82. The van der Waals surface area contributed by atoms with Crippen LogP contribution in [-0.4, -0.2) is 36.8 Å². The van der Waals surface area contributed by atoms with Gasteiger partial charge in [-0.2, -0.15) is 8.42 Å². The molecular weight excluding hydrogens is 330 g/mol. The van der Waals surface area contributed by atoms with E-state index >= 15 is 0 Å². The number of sulfonamides is 1. The molecule has 7 nitrogen and oxygen atoms in total. The molecule has 1 heterocycles. The van der Waals surface area contributed by atoms with Crippen LogP contribution in [0.2, 0.25) is 5.28 Å². The molecule has 22 heavy (non-hydrogen) atoms. The van der Waals surface area contributed by atoms with Crippen molar-refractivity contribution in [3.63, 3.8) is 0 Å². The van der Waals surface area contributed by atoms with Gasteiger partial charge in [0.25, 0.3) is 10.0 Å². The summed E-state index contributed by atoms with van der Waals surface area (Å²) >= 11 is 5.75. The molecule has 0 bridgehead atoms. The first-order chi connectivity index (χ1) is 10.3. The van der Waals surface area contributed by atoms with E-state index in [1.807, 2.05) is 0 Å². The molecule has 1 aromatic heterocycles. The van der Waals surface area contributed by atoms with Gasteiger partial charge in [-0.3, -0.25) is 4.72 Å². The lowest BCUT2D eigenvalue weighted by Crippen LogP contribution is -2.16. The zero-order valence-corrected chi connectivity index (χ0v) is 13.6. The number of methoxy groups -OCH3 is 1. The Kier molecular flexibility index (Phi) is 5.07. The Hall–Kier alpha value is -1.61. The van der Waals surface area contributed by atoms with E-state index in [9.17, 15) is 13.5 Å². The predicted molar refractivity (Wildman–Crippen MR) is 82.3 cm³/mol. The highest BCUT2D eigenvalue weighted by atomic mass is 35.5. The van der Waals surface area contributed by atoms with Crippen LogP contribution >= 0.6 is 11.6 Å². The summed E-state index contributed by atoms with van der Waals surface area (Å²) in [6, 6.07) is 6.45. The van der Waals surface area contributed by atoms with Gasteiger partial charge in [0.1, 0.15) is 6.10 Å². The summed E-state index contributed by atoms with van der Waals surface area (Å²) in [7, 11) is -0.848. The van der Waals surface area contributed by atoms with Gasteiger partial charge in [-0.15, -0.1) is 0 Å². The fourth-order valence-electron chi connectivity index (χ4n) is 1.89. The van der Waals surface area contributed by atoms with E-state index in [-0.39, 0.29) is 16.9 Å². The van der Waals surface area contributed by atoms with E-state index in [4.69, 9.17) is 16.3 Å². The van der Waals surface area contributed by atoms with E-state index < -0.39 is 16.1 Å². The summed E-state index contributed by atoms with van der Waals surface area (Å²) < 4.78 is 33.2. The van der Waals surface area contributed by atoms with E-state index in [0.29, 0.717) is 11.3 Å². The highest BCUT2D eigenvalue weighted by Gasteiger charge is 2.20. The van der Waals surface area contributed by atoms with Gasteiger partial charge in [-0.05, 0) is 29.3 Å². The van der Waals surface area contributed by atoms with Crippen molar-refractivity contribution in [2.75, 3.05) is 18.4 Å². The third-order valence-electron chi connectivity index (χ3n) is 3.01. The Morgan fingerprint density at radius 2 is 2.23 bits per heavy atom. The average Bonchev–Trinajstić information content (AvgIpc) is 2.80. The fourth-order valence-corrected chi connectivity index (χ4v) is 3.26. The number of anilines is 1. The molecule has 0 aliphatic rings. The number of nitrogens with one attached hydrogen (secondary N) is 1. The van der Waals surface area contributed by atoms with Crippen molar-refractivity contribution in [3.8, 4) is 0 Å². The maximum atomic E-state index is 12.3. The topological polar surface area (TPSA) is 93.4 Å². The Bertz CT molecular complexity index is 760. The van der Waals surface area contributed by atoms with Crippen LogP contribution in [0.25, 0.3) is 0 Å². The van der Waals surface area contributed by atoms with Crippen LogP contribution in [0.15, 0.2) is 35.5 Å². The number of aromatic nitrogens is 2. The molecule has 0 saturated heterocycles. The lowest BCUT2D eigenvalue weighted by atomic mass is 10.1. The van der Waals surface area contributed by atoms with Crippen molar-refractivity contribution in [1.29, 1.82) is 0 Å². The van der Waals surface area contributed by atoms with Crippen molar-refractivity contribution in [1.82, 2.24) is 9.55 Å². The number of ether oxygens (including phenoxy) is 1. The molecule has 0 spiro atoms. The van der Waals surface area contributed by atoms with Gasteiger partial charge in [0.05, 0.1) is 12.8 Å². The number of halogens is 1. The van der Waals surface area contributed by atoms with Gasteiger partial charge < -0.3 is 14.4 Å². The van der Waals surface area contributed by atoms with Gasteiger partial charge in [-0.25, -0.2) is 4.98 Å². The first kappa shape index (κ1) is 16.8. The molecule has 1 aromatic carbocycles. The molecule has 0 fully saturated rings. The van der Waals surface area contributed by atoms with Gasteiger partial charge >= 0.3 is 0 Å². The summed E-state index contributed by atoms with van der Waals surface area (Å²) in [5.74, 6) is 0. The molecule has 2 N–H and O–H groups in total.